The fourth-order valence-electron chi connectivity index (χ4n) is 9.07. The van der Waals surface area contributed by atoms with Gasteiger partial charge >= 0.3 is 0 Å². The molecule has 0 aliphatic heterocycles. The minimum Gasteiger partial charge on any atom is -0.342 e. The second-order valence-electron chi connectivity index (χ2n) is 16.4. The van der Waals surface area contributed by atoms with Crippen LogP contribution in [0.2, 0.25) is 0 Å². The SMILES string of the molecule is CCCCC(CC)Cc1ccc(-c2ccc3c(c2)c2cc(-c4cc5c6cc(-c7ccc(CC(CC)CCCC)cc7)ccc6n(C)c5cn4)ncc2n3C)cc1. The average Bonchev–Trinajstić information content (AvgIpc) is 3.69. The van der Waals surface area contributed by atoms with E-state index in [1.54, 1.807) is 0 Å². The molecule has 56 heavy (non-hydrogen) atoms. The first-order chi connectivity index (χ1) is 27.4. The lowest BCUT2D eigenvalue weighted by atomic mass is 9.91. The molecule has 4 heterocycles. The van der Waals surface area contributed by atoms with E-state index in [0.29, 0.717) is 0 Å². The van der Waals surface area contributed by atoms with Crippen LogP contribution in [0, 0.1) is 11.8 Å². The van der Waals surface area contributed by atoms with Crippen molar-refractivity contribution in [3.8, 4) is 33.6 Å². The molecule has 0 spiro atoms. The summed E-state index contributed by atoms with van der Waals surface area (Å²) in [5.41, 5.74) is 14.3. The van der Waals surface area contributed by atoms with Gasteiger partial charge in [0.1, 0.15) is 0 Å². The number of aromatic nitrogens is 4. The van der Waals surface area contributed by atoms with Crippen LogP contribution in [0.15, 0.2) is 109 Å². The summed E-state index contributed by atoms with van der Waals surface area (Å²) in [4.78, 5) is 9.98. The highest BCUT2D eigenvalue weighted by atomic mass is 15.0. The number of hydrogen-bond acceptors (Lipinski definition) is 2. The highest BCUT2D eigenvalue weighted by Crippen LogP contribution is 2.37. The quantitative estimate of drug-likeness (QED) is 0.105. The summed E-state index contributed by atoms with van der Waals surface area (Å²) in [7, 11) is 4.29. The van der Waals surface area contributed by atoms with Crippen molar-refractivity contribution in [3.63, 3.8) is 0 Å². The maximum Gasteiger partial charge on any atom is 0.0894 e. The van der Waals surface area contributed by atoms with Crippen LogP contribution in [0.5, 0.6) is 0 Å². The Kier molecular flexibility index (Phi) is 11.1. The number of unbranched alkanes of at least 4 members (excludes halogenated alkanes) is 2. The molecule has 0 N–H and O–H groups in total. The van der Waals surface area contributed by atoms with Crippen molar-refractivity contribution in [2.45, 2.75) is 91.9 Å². The lowest BCUT2D eigenvalue weighted by Gasteiger charge is -2.14. The number of nitrogens with zero attached hydrogens (tertiary/aromatic N) is 4. The Morgan fingerprint density at radius 1 is 0.446 bits per heavy atom. The van der Waals surface area contributed by atoms with E-state index in [0.717, 1.165) is 34.3 Å². The van der Waals surface area contributed by atoms with Crippen molar-refractivity contribution in [1.82, 2.24) is 19.1 Å². The van der Waals surface area contributed by atoms with E-state index in [1.165, 1.54) is 130 Å². The number of benzene rings is 4. The summed E-state index contributed by atoms with van der Waals surface area (Å²) < 4.78 is 4.53. The van der Waals surface area contributed by atoms with Gasteiger partial charge in [0.2, 0.25) is 0 Å². The van der Waals surface area contributed by atoms with Gasteiger partial charge in [-0.1, -0.05) is 140 Å². The Morgan fingerprint density at radius 3 is 1.20 bits per heavy atom. The van der Waals surface area contributed by atoms with Crippen LogP contribution in [0.1, 0.15) is 90.2 Å². The van der Waals surface area contributed by atoms with Gasteiger partial charge in [0.05, 0.1) is 34.8 Å². The zero-order valence-electron chi connectivity index (χ0n) is 34.4. The molecule has 0 saturated heterocycles. The van der Waals surface area contributed by atoms with E-state index in [1.807, 2.05) is 12.4 Å². The van der Waals surface area contributed by atoms with Gasteiger partial charge in [-0.3, -0.25) is 9.97 Å². The van der Waals surface area contributed by atoms with Crippen molar-refractivity contribution in [3.05, 3.63) is 121 Å². The fourth-order valence-corrected chi connectivity index (χ4v) is 9.07. The molecule has 2 atom stereocenters. The number of rotatable bonds is 15. The van der Waals surface area contributed by atoms with E-state index in [-0.39, 0.29) is 0 Å². The van der Waals surface area contributed by atoms with E-state index < -0.39 is 0 Å². The predicted octanol–water partition coefficient (Wildman–Crippen LogP) is 14.3. The first kappa shape index (κ1) is 37.7. The lowest BCUT2D eigenvalue weighted by Crippen LogP contribution is -2.03. The Morgan fingerprint density at radius 2 is 0.821 bits per heavy atom. The van der Waals surface area contributed by atoms with Crippen LogP contribution >= 0.6 is 0 Å². The Labute approximate surface area is 333 Å². The Hall–Kier alpha value is -5.22. The third-order valence-corrected chi connectivity index (χ3v) is 12.8. The second-order valence-corrected chi connectivity index (χ2v) is 16.4. The third kappa shape index (κ3) is 7.39. The molecule has 2 unspecified atom stereocenters. The molecule has 0 saturated carbocycles. The maximum atomic E-state index is 4.99. The molecule has 286 valence electrons. The molecule has 4 aromatic carbocycles. The normalized spacial score (nSPS) is 13.0. The minimum atomic E-state index is 0.769. The zero-order valence-corrected chi connectivity index (χ0v) is 34.4. The summed E-state index contributed by atoms with van der Waals surface area (Å²) in [6, 6.07) is 36.8. The fraction of sp³-hybridized carbons (Fsp3) is 0.346. The van der Waals surface area contributed by atoms with E-state index >= 15 is 0 Å². The molecule has 0 fully saturated rings. The first-order valence-electron chi connectivity index (χ1n) is 21.3. The van der Waals surface area contributed by atoms with Gasteiger partial charge in [-0.25, -0.2) is 0 Å². The molecule has 4 aromatic heterocycles. The molecule has 0 aliphatic carbocycles. The first-order valence-corrected chi connectivity index (χ1v) is 21.3. The standard InChI is InChI=1S/C52H58N4/c1-7-11-13-35(9-3)27-37-15-19-39(20-16-37)41-23-25-49-43(29-41)45-31-47(53-33-51(45)55(49)5)48-32-46-44-30-42(24-26-50(44)56(6)52(46)34-54-48)40-21-17-38(18-22-40)28-36(10-4)14-12-8-2/h15-26,29-36H,7-14,27-28H2,1-6H3. The molecule has 0 aliphatic rings. The largest absolute Gasteiger partial charge is 0.342 e. The average molecular weight is 739 g/mol. The number of hydrogen-bond donors (Lipinski definition) is 0. The Bertz CT molecular complexity index is 2420. The van der Waals surface area contributed by atoms with Gasteiger partial charge in [0.15, 0.2) is 0 Å². The summed E-state index contributed by atoms with van der Waals surface area (Å²) in [5, 5.41) is 4.89. The lowest BCUT2D eigenvalue weighted by molar-refractivity contribution is 0.449. The van der Waals surface area contributed by atoms with Crippen LogP contribution < -0.4 is 0 Å². The summed E-state index contributed by atoms with van der Waals surface area (Å²) in [6.45, 7) is 9.25. The van der Waals surface area contributed by atoms with Gasteiger partial charge in [-0.05, 0) is 94.5 Å². The minimum absolute atomic E-state index is 0.769. The van der Waals surface area contributed by atoms with Gasteiger partial charge < -0.3 is 9.13 Å². The predicted molar refractivity (Wildman–Crippen MR) is 240 cm³/mol. The number of pyridine rings is 2. The highest BCUT2D eigenvalue weighted by Gasteiger charge is 2.16. The molecule has 4 nitrogen and oxygen atoms in total. The zero-order chi connectivity index (χ0) is 38.8. The summed E-state index contributed by atoms with van der Waals surface area (Å²) >= 11 is 0. The smallest absolute Gasteiger partial charge is 0.0894 e. The van der Waals surface area contributed by atoms with Crippen molar-refractivity contribution in [2.75, 3.05) is 0 Å². The third-order valence-electron chi connectivity index (χ3n) is 12.8. The van der Waals surface area contributed by atoms with Crippen molar-refractivity contribution in [1.29, 1.82) is 0 Å². The Balaban J connectivity index is 1.11. The summed E-state index contributed by atoms with van der Waals surface area (Å²) in [6.07, 6.45) is 16.7. The van der Waals surface area contributed by atoms with E-state index in [9.17, 15) is 0 Å². The molecular formula is C52H58N4. The molecular weight excluding hydrogens is 681 g/mol. The molecule has 0 amide bonds. The second kappa shape index (κ2) is 16.5. The van der Waals surface area contributed by atoms with Crippen LogP contribution in [-0.2, 0) is 26.9 Å². The van der Waals surface area contributed by atoms with Crippen LogP contribution in [0.4, 0.5) is 0 Å². The van der Waals surface area contributed by atoms with E-state index in [2.05, 4.69) is 148 Å². The topological polar surface area (TPSA) is 35.6 Å². The maximum absolute atomic E-state index is 4.99. The van der Waals surface area contributed by atoms with Crippen LogP contribution in [-0.4, -0.2) is 19.1 Å². The van der Waals surface area contributed by atoms with Gasteiger partial charge in [-0.2, -0.15) is 0 Å². The molecule has 4 heteroatoms. The molecule has 8 aromatic rings. The molecule has 0 radical (unpaired) electrons. The van der Waals surface area contributed by atoms with Gasteiger partial charge in [-0.15, -0.1) is 0 Å². The van der Waals surface area contributed by atoms with Crippen LogP contribution in [0.25, 0.3) is 77.3 Å². The van der Waals surface area contributed by atoms with Crippen LogP contribution in [0.3, 0.4) is 0 Å². The van der Waals surface area contributed by atoms with E-state index in [4.69, 9.17) is 9.97 Å². The van der Waals surface area contributed by atoms with Crippen molar-refractivity contribution in [2.24, 2.45) is 25.9 Å². The molecule has 8 rings (SSSR count). The number of aryl methyl sites for hydroxylation is 2. The van der Waals surface area contributed by atoms with Crippen molar-refractivity contribution < 1.29 is 0 Å². The summed E-state index contributed by atoms with van der Waals surface area (Å²) in [5.74, 6) is 1.54. The van der Waals surface area contributed by atoms with Gasteiger partial charge in [0.25, 0.3) is 0 Å². The highest BCUT2D eigenvalue weighted by molar-refractivity contribution is 6.11. The molecule has 0 bridgehead atoms. The monoisotopic (exact) mass is 738 g/mol. The van der Waals surface area contributed by atoms with Gasteiger partial charge in [0, 0.05) is 46.7 Å². The number of fused-ring (bicyclic) bond motifs is 6. The van der Waals surface area contributed by atoms with Crippen molar-refractivity contribution >= 4 is 43.6 Å².